The molecule has 0 aliphatic rings. The maximum Gasteiger partial charge on any atom is 0.279 e. The van der Waals surface area contributed by atoms with Crippen LogP contribution in [-0.2, 0) is 10.2 Å². The molecule has 0 saturated carbocycles. The molecule has 7 heteroatoms. The minimum atomic E-state index is -3.49. The van der Waals surface area contributed by atoms with Gasteiger partial charge in [-0.3, -0.25) is 0 Å². The third kappa shape index (κ3) is 4.12. The molecule has 98 valence electrons. The van der Waals surface area contributed by atoms with Crippen LogP contribution in [-0.4, -0.2) is 32.9 Å². The van der Waals surface area contributed by atoms with E-state index in [1.807, 2.05) is 0 Å². The fourth-order valence-corrected chi connectivity index (χ4v) is 2.46. The van der Waals surface area contributed by atoms with Gasteiger partial charge < -0.3 is 10.2 Å². The number of hydrogen-bond acceptors (Lipinski definition) is 4. The summed E-state index contributed by atoms with van der Waals surface area (Å²) in [5.74, 6) is 0.584. The van der Waals surface area contributed by atoms with Crippen LogP contribution in [0.2, 0.25) is 0 Å². The quantitative estimate of drug-likeness (QED) is 0.746. The average Bonchev–Trinajstić information content (AvgIpc) is 2.78. The van der Waals surface area contributed by atoms with E-state index >= 15 is 0 Å². The van der Waals surface area contributed by atoms with E-state index < -0.39 is 16.3 Å². The summed E-state index contributed by atoms with van der Waals surface area (Å²) in [4.78, 5) is 0. The van der Waals surface area contributed by atoms with E-state index in [4.69, 9.17) is 10.2 Å². The van der Waals surface area contributed by atoms with Crippen molar-refractivity contribution in [2.45, 2.75) is 19.4 Å². The third-order valence-corrected chi connectivity index (χ3v) is 4.04. The van der Waals surface area contributed by atoms with Crippen LogP contribution in [0.1, 0.15) is 25.1 Å². The second kappa shape index (κ2) is 6.15. The molecule has 1 rings (SSSR count). The molecule has 0 radical (unpaired) electrons. The summed E-state index contributed by atoms with van der Waals surface area (Å²) in [6.45, 7) is 2.59. The molecule has 0 amide bonds. The van der Waals surface area contributed by atoms with Gasteiger partial charge in [-0.2, -0.15) is 17.4 Å². The third-order valence-electron chi connectivity index (χ3n) is 2.38. The Balaban J connectivity index is 2.60. The zero-order valence-electron chi connectivity index (χ0n) is 10.1. The first-order valence-electron chi connectivity index (χ1n) is 5.44. The maximum atomic E-state index is 11.9. The summed E-state index contributed by atoms with van der Waals surface area (Å²) >= 11 is 0. The smallest absolute Gasteiger partial charge is 0.279 e. The zero-order valence-corrected chi connectivity index (χ0v) is 10.9. The molecule has 0 aliphatic heterocycles. The highest BCUT2D eigenvalue weighted by Gasteiger charge is 2.21. The highest BCUT2D eigenvalue weighted by Crippen LogP contribution is 2.14. The Morgan fingerprint density at radius 1 is 1.59 bits per heavy atom. The van der Waals surface area contributed by atoms with E-state index in [1.54, 1.807) is 19.1 Å². The van der Waals surface area contributed by atoms with Crippen LogP contribution < -0.4 is 10.5 Å². The lowest BCUT2D eigenvalue weighted by Crippen LogP contribution is -2.40. The maximum absolute atomic E-state index is 11.9. The van der Waals surface area contributed by atoms with Gasteiger partial charge in [-0.25, -0.2) is 0 Å². The zero-order chi connectivity index (χ0) is 12.9. The predicted octanol–water partition coefficient (Wildman–Crippen LogP) is 0.456. The van der Waals surface area contributed by atoms with Crippen molar-refractivity contribution in [3.63, 3.8) is 0 Å². The van der Waals surface area contributed by atoms with Crippen LogP contribution in [0.15, 0.2) is 22.8 Å². The molecule has 1 atom stereocenters. The van der Waals surface area contributed by atoms with Crippen LogP contribution in [0, 0.1) is 0 Å². The van der Waals surface area contributed by atoms with Crippen molar-refractivity contribution in [2.24, 2.45) is 5.73 Å². The molecule has 1 aromatic rings. The molecule has 0 aliphatic carbocycles. The van der Waals surface area contributed by atoms with Gasteiger partial charge in [0.25, 0.3) is 10.2 Å². The van der Waals surface area contributed by atoms with Gasteiger partial charge in [0.1, 0.15) is 5.76 Å². The van der Waals surface area contributed by atoms with Crippen molar-refractivity contribution in [2.75, 3.05) is 20.1 Å². The average molecular weight is 261 g/mol. The Hall–Kier alpha value is -0.890. The van der Waals surface area contributed by atoms with E-state index in [1.165, 1.54) is 17.6 Å². The van der Waals surface area contributed by atoms with Crippen molar-refractivity contribution in [1.29, 1.82) is 0 Å². The van der Waals surface area contributed by atoms with Crippen LogP contribution >= 0.6 is 0 Å². The van der Waals surface area contributed by atoms with Crippen molar-refractivity contribution >= 4 is 10.2 Å². The highest BCUT2D eigenvalue weighted by atomic mass is 32.2. The molecule has 1 aromatic heterocycles. The SMILES string of the molecule is CC(NS(=O)(=O)N(C)CCCN)c1ccco1. The summed E-state index contributed by atoms with van der Waals surface area (Å²) in [5.41, 5.74) is 5.34. The fourth-order valence-electron chi connectivity index (χ4n) is 1.34. The molecular weight excluding hydrogens is 242 g/mol. The van der Waals surface area contributed by atoms with E-state index in [9.17, 15) is 8.42 Å². The van der Waals surface area contributed by atoms with E-state index in [2.05, 4.69) is 4.72 Å². The fraction of sp³-hybridized carbons (Fsp3) is 0.600. The monoisotopic (exact) mass is 261 g/mol. The van der Waals surface area contributed by atoms with Gasteiger partial charge in [0.05, 0.1) is 12.3 Å². The summed E-state index contributed by atoms with van der Waals surface area (Å²) in [7, 11) is -1.97. The molecule has 0 saturated heterocycles. The molecule has 1 heterocycles. The number of rotatable bonds is 7. The molecule has 0 aromatic carbocycles. The molecule has 0 fully saturated rings. The molecule has 6 nitrogen and oxygen atoms in total. The Morgan fingerprint density at radius 2 is 2.29 bits per heavy atom. The van der Waals surface area contributed by atoms with E-state index in [-0.39, 0.29) is 0 Å². The van der Waals surface area contributed by atoms with Gasteiger partial charge in [0, 0.05) is 13.6 Å². The van der Waals surface area contributed by atoms with Crippen LogP contribution in [0.5, 0.6) is 0 Å². The normalized spacial score (nSPS) is 14.1. The molecule has 0 spiro atoms. The molecule has 0 bridgehead atoms. The topological polar surface area (TPSA) is 88.6 Å². The van der Waals surface area contributed by atoms with E-state index in [0.29, 0.717) is 25.3 Å². The second-order valence-electron chi connectivity index (χ2n) is 3.82. The Labute approximate surface area is 102 Å². The number of nitrogens with zero attached hydrogens (tertiary/aromatic N) is 1. The lowest BCUT2D eigenvalue weighted by Gasteiger charge is -2.19. The number of hydrogen-bond donors (Lipinski definition) is 2. The lowest BCUT2D eigenvalue weighted by molar-refractivity contribution is 0.424. The standard InChI is InChI=1S/C10H19N3O3S/c1-9(10-5-3-8-16-10)12-17(14,15)13(2)7-4-6-11/h3,5,8-9,12H,4,6-7,11H2,1-2H3. The van der Waals surface area contributed by atoms with Crippen LogP contribution in [0.25, 0.3) is 0 Å². The van der Waals surface area contributed by atoms with Crippen molar-refractivity contribution < 1.29 is 12.8 Å². The summed E-state index contributed by atoms with van der Waals surface area (Å²) in [5, 5.41) is 0. The first kappa shape index (κ1) is 14.2. The van der Waals surface area contributed by atoms with Gasteiger partial charge in [-0.05, 0) is 32.0 Å². The van der Waals surface area contributed by atoms with Crippen molar-refractivity contribution in [3.8, 4) is 0 Å². The lowest BCUT2D eigenvalue weighted by atomic mass is 10.3. The minimum Gasteiger partial charge on any atom is -0.468 e. The van der Waals surface area contributed by atoms with Crippen LogP contribution in [0.4, 0.5) is 0 Å². The van der Waals surface area contributed by atoms with Gasteiger partial charge in [-0.1, -0.05) is 0 Å². The van der Waals surface area contributed by atoms with Crippen molar-refractivity contribution in [1.82, 2.24) is 9.03 Å². The van der Waals surface area contributed by atoms with Gasteiger partial charge in [0.2, 0.25) is 0 Å². The largest absolute Gasteiger partial charge is 0.468 e. The number of furan rings is 1. The van der Waals surface area contributed by atoms with Crippen LogP contribution in [0.3, 0.4) is 0 Å². The second-order valence-corrected chi connectivity index (χ2v) is 5.63. The Morgan fingerprint density at radius 3 is 2.82 bits per heavy atom. The first-order chi connectivity index (χ1) is 7.97. The Bertz CT molecular complexity index is 416. The molecule has 1 unspecified atom stereocenters. The van der Waals surface area contributed by atoms with Gasteiger partial charge in [0.15, 0.2) is 0 Å². The van der Waals surface area contributed by atoms with E-state index in [0.717, 1.165) is 0 Å². The highest BCUT2D eigenvalue weighted by molar-refractivity contribution is 7.87. The number of nitrogens with one attached hydrogen (secondary N) is 1. The summed E-state index contributed by atoms with van der Waals surface area (Å²) in [6.07, 6.45) is 2.14. The van der Waals surface area contributed by atoms with Gasteiger partial charge in [-0.15, -0.1) is 0 Å². The summed E-state index contributed by atoms with van der Waals surface area (Å²) in [6, 6.07) is 3.06. The molecule has 3 N–H and O–H groups in total. The predicted molar refractivity (Wildman–Crippen MR) is 65.5 cm³/mol. The Kier molecular flexibility index (Phi) is 5.13. The first-order valence-corrected chi connectivity index (χ1v) is 6.88. The van der Waals surface area contributed by atoms with Crippen molar-refractivity contribution in [3.05, 3.63) is 24.2 Å². The number of nitrogens with two attached hydrogens (primary N) is 1. The summed E-state index contributed by atoms with van der Waals surface area (Å²) < 4.78 is 32.7. The minimum absolute atomic E-state index is 0.393. The molecule has 17 heavy (non-hydrogen) atoms. The molecular formula is C10H19N3O3S. The van der Waals surface area contributed by atoms with Gasteiger partial charge >= 0.3 is 0 Å².